The van der Waals surface area contributed by atoms with Gasteiger partial charge >= 0.3 is 5.97 Å². The van der Waals surface area contributed by atoms with Gasteiger partial charge in [-0.15, -0.1) is 0 Å². The van der Waals surface area contributed by atoms with Crippen molar-refractivity contribution < 1.29 is 14.3 Å². The van der Waals surface area contributed by atoms with Crippen LogP contribution in [0.3, 0.4) is 0 Å². The Labute approximate surface area is 105 Å². The molecule has 3 heterocycles. The largest absolute Gasteiger partial charge is 0.452 e. The van der Waals surface area contributed by atoms with Gasteiger partial charge in [0.05, 0.1) is 18.2 Å². The zero-order valence-electron chi connectivity index (χ0n) is 10.0. The molecule has 0 spiro atoms. The highest BCUT2D eigenvalue weighted by molar-refractivity contribution is 5.77. The van der Waals surface area contributed by atoms with E-state index in [0.717, 1.165) is 25.1 Å². The molecule has 3 aliphatic rings. The highest BCUT2D eigenvalue weighted by Crippen LogP contribution is 2.58. The smallest absolute Gasteiger partial charge is 0.312 e. The van der Waals surface area contributed by atoms with Gasteiger partial charge in [0.2, 0.25) is 0 Å². The second kappa shape index (κ2) is 3.54. The van der Waals surface area contributed by atoms with Crippen LogP contribution in [0.2, 0.25) is 0 Å². The van der Waals surface area contributed by atoms with E-state index in [1.807, 2.05) is 18.2 Å². The molecular formula is C14H15NO3. The molecular weight excluding hydrogens is 230 g/mol. The van der Waals surface area contributed by atoms with Crippen LogP contribution >= 0.6 is 0 Å². The Kier molecular flexibility index (Phi) is 2.07. The summed E-state index contributed by atoms with van der Waals surface area (Å²) in [5.41, 5.74) is 0.438. The van der Waals surface area contributed by atoms with Crippen LogP contribution in [-0.2, 0) is 19.9 Å². The zero-order chi connectivity index (χ0) is 12.2. The van der Waals surface area contributed by atoms with Crippen molar-refractivity contribution in [2.24, 2.45) is 17.8 Å². The standard InChI is InChI=1S/C14H15NO3/c16-13-10-8-17-7-9-4-5-14(18-13,12(9)10)11-3-1-2-6-15-11/h1-3,6,9-10,12H,4-5,7-8H2/t9-,10+,12-,14+/m0/s1. The van der Waals surface area contributed by atoms with E-state index in [0.29, 0.717) is 12.5 Å². The van der Waals surface area contributed by atoms with Crippen LogP contribution in [0.15, 0.2) is 24.4 Å². The van der Waals surface area contributed by atoms with Crippen LogP contribution in [0, 0.1) is 17.8 Å². The highest BCUT2D eigenvalue weighted by Gasteiger charge is 2.64. The lowest BCUT2D eigenvalue weighted by Gasteiger charge is -2.32. The number of hydrogen-bond acceptors (Lipinski definition) is 4. The van der Waals surface area contributed by atoms with Crippen LogP contribution in [-0.4, -0.2) is 24.2 Å². The summed E-state index contributed by atoms with van der Waals surface area (Å²) in [5.74, 6) is 0.508. The maximum absolute atomic E-state index is 12.0. The fourth-order valence-corrected chi connectivity index (χ4v) is 3.97. The molecule has 4 nitrogen and oxygen atoms in total. The van der Waals surface area contributed by atoms with Gasteiger partial charge < -0.3 is 9.47 Å². The second-order valence-corrected chi connectivity index (χ2v) is 5.49. The number of carbonyl (C=O) groups excluding carboxylic acids is 1. The molecule has 2 aliphatic heterocycles. The molecule has 18 heavy (non-hydrogen) atoms. The number of esters is 1. The van der Waals surface area contributed by atoms with Crippen molar-refractivity contribution in [3.05, 3.63) is 30.1 Å². The van der Waals surface area contributed by atoms with Gasteiger partial charge in [0.15, 0.2) is 5.60 Å². The maximum atomic E-state index is 12.0. The molecule has 0 N–H and O–H groups in total. The first-order valence-corrected chi connectivity index (χ1v) is 6.53. The molecule has 1 aromatic heterocycles. The van der Waals surface area contributed by atoms with Crippen LogP contribution in [0.5, 0.6) is 0 Å². The summed E-state index contributed by atoms with van der Waals surface area (Å²) >= 11 is 0. The molecule has 4 rings (SSSR count). The maximum Gasteiger partial charge on any atom is 0.312 e. The Morgan fingerprint density at radius 1 is 1.33 bits per heavy atom. The number of nitrogens with zero attached hydrogens (tertiary/aromatic N) is 1. The summed E-state index contributed by atoms with van der Waals surface area (Å²) < 4.78 is 11.3. The molecule has 0 bridgehead atoms. The zero-order valence-corrected chi connectivity index (χ0v) is 10.0. The third-order valence-electron chi connectivity index (χ3n) is 4.68. The molecule has 1 aliphatic carbocycles. The average molecular weight is 245 g/mol. The van der Waals surface area contributed by atoms with Crippen LogP contribution in [0.1, 0.15) is 18.5 Å². The number of carbonyl (C=O) groups is 1. The first-order valence-electron chi connectivity index (χ1n) is 6.53. The van der Waals surface area contributed by atoms with Gasteiger partial charge in [-0.25, -0.2) is 0 Å². The Bertz CT molecular complexity index is 489. The lowest BCUT2D eigenvalue weighted by atomic mass is 9.76. The molecule has 0 unspecified atom stereocenters. The van der Waals surface area contributed by atoms with Crippen molar-refractivity contribution in [3.63, 3.8) is 0 Å². The normalized spacial score (nSPS) is 41.6. The molecule has 3 fully saturated rings. The van der Waals surface area contributed by atoms with Gasteiger partial charge in [0.25, 0.3) is 0 Å². The van der Waals surface area contributed by atoms with Gasteiger partial charge in [0, 0.05) is 18.7 Å². The summed E-state index contributed by atoms with van der Waals surface area (Å²) in [7, 11) is 0. The molecule has 0 amide bonds. The van der Waals surface area contributed by atoms with Crippen molar-refractivity contribution in [1.82, 2.24) is 4.98 Å². The third kappa shape index (κ3) is 1.19. The van der Waals surface area contributed by atoms with E-state index in [1.165, 1.54) is 0 Å². The third-order valence-corrected chi connectivity index (χ3v) is 4.68. The average Bonchev–Trinajstić information content (AvgIpc) is 2.93. The molecule has 1 saturated carbocycles. The topological polar surface area (TPSA) is 48.4 Å². The van der Waals surface area contributed by atoms with Gasteiger partial charge in [-0.05, 0) is 30.9 Å². The van der Waals surface area contributed by atoms with Crippen molar-refractivity contribution in [2.45, 2.75) is 18.4 Å². The molecule has 2 saturated heterocycles. The fraction of sp³-hybridized carbons (Fsp3) is 0.571. The lowest BCUT2D eigenvalue weighted by Crippen LogP contribution is -2.39. The van der Waals surface area contributed by atoms with E-state index in [2.05, 4.69) is 4.98 Å². The van der Waals surface area contributed by atoms with Gasteiger partial charge in [-0.3, -0.25) is 9.78 Å². The summed E-state index contributed by atoms with van der Waals surface area (Å²) in [6, 6.07) is 5.84. The van der Waals surface area contributed by atoms with Crippen molar-refractivity contribution in [3.8, 4) is 0 Å². The number of pyridine rings is 1. The van der Waals surface area contributed by atoms with Crippen molar-refractivity contribution >= 4 is 5.97 Å². The van der Waals surface area contributed by atoms with Crippen molar-refractivity contribution in [2.75, 3.05) is 13.2 Å². The van der Waals surface area contributed by atoms with Crippen LogP contribution < -0.4 is 0 Å². The summed E-state index contributed by atoms with van der Waals surface area (Å²) in [6.07, 6.45) is 3.72. The number of hydrogen-bond donors (Lipinski definition) is 0. The van der Waals surface area contributed by atoms with Crippen molar-refractivity contribution in [1.29, 1.82) is 0 Å². The summed E-state index contributed by atoms with van der Waals surface area (Å²) in [4.78, 5) is 16.5. The van der Waals surface area contributed by atoms with E-state index < -0.39 is 5.60 Å². The van der Waals surface area contributed by atoms with E-state index in [-0.39, 0.29) is 17.8 Å². The minimum Gasteiger partial charge on any atom is -0.452 e. The Morgan fingerprint density at radius 2 is 2.28 bits per heavy atom. The molecule has 1 aromatic rings. The fourth-order valence-electron chi connectivity index (χ4n) is 3.97. The SMILES string of the molecule is O=C1O[C@@]2(c3ccccn3)CC[C@H]3COC[C@@H]1[C@H]32. The Balaban J connectivity index is 1.83. The van der Waals surface area contributed by atoms with Gasteiger partial charge in [-0.2, -0.15) is 0 Å². The Morgan fingerprint density at radius 3 is 3.11 bits per heavy atom. The minimum atomic E-state index is -0.475. The quantitative estimate of drug-likeness (QED) is 0.704. The van der Waals surface area contributed by atoms with Gasteiger partial charge in [-0.1, -0.05) is 6.07 Å². The second-order valence-electron chi connectivity index (χ2n) is 5.49. The number of rotatable bonds is 1. The van der Waals surface area contributed by atoms with Crippen LogP contribution in [0.25, 0.3) is 0 Å². The monoisotopic (exact) mass is 245 g/mol. The molecule has 94 valence electrons. The van der Waals surface area contributed by atoms with E-state index >= 15 is 0 Å². The molecule has 4 heteroatoms. The molecule has 0 aromatic carbocycles. The first-order chi connectivity index (χ1) is 8.81. The molecule has 4 atom stereocenters. The number of ether oxygens (including phenoxy) is 2. The Hall–Kier alpha value is -1.42. The highest BCUT2D eigenvalue weighted by atomic mass is 16.6. The van der Waals surface area contributed by atoms with Gasteiger partial charge in [0.1, 0.15) is 0 Å². The lowest BCUT2D eigenvalue weighted by molar-refractivity contribution is -0.153. The summed E-state index contributed by atoms with van der Waals surface area (Å²) in [5, 5.41) is 0. The van der Waals surface area contributed by atoms with E-state index in [9.17, 15) is 4.79 Å². The van der Waals surface area contributed by atoms with Crippen LogP contribution in [0.4, 0.5) is 0 Å². The first kappa shape index (κ1) is 10.5. The van der Waals surface area contributed by atoms with E-state index in [1.54, 1.807) is 6.20 Å². The molecule has 0 radical (unpaired) electrons. The predicted molar refractivity (Wildman–Crippen MR) is 62.5 cm³/mol. The number of aromatic nitrogens is 1. The predicted octanol–water partition coefficient (Wildman–Crippen LogP) is 1.51. The summed E-state index contributed by atoms with van der Waals surface area (Å²) in [6.45, 7) is 1.26. The van der Waals surface area contributed by atoms with E-state index in [4.69, 9.17) is 9.47 Å². The minimum absolute atomic E-state index is 0.0896.